The van der Waals surface area contributed by atoms with Crippen molar-refractivity contribution >= 4 is 5.91 Å². The first-order valence-corrected chi connectivity index (χ1v) is 6.67. The molecule has 2 rings (SSSR count). The molecule has 3 nitrogen and oxygen atoms in total. The predicted molar refractivity (Wildman–Crippen MR) is 71.1 cm³/mol. The molecule has 0 unspecified atom stereocenters. The summed E-state index contributed by atoms with van der Waals surface area (Å²) in [5.74, 6) is 0.437. The number of hydrogen-bond donors (Lipinski definition) is 2. The quantitative estimate of drug-likeness (QED) is 0.857. The van der Waals surface area contributed by atoms with Gasteiger partial charge in [0.05, 0.1) is 12.1 Å². The lowest BCUT2D eigenvalue weighted by molar-refractivity contribution is -0.123. The van der Waals surface area contributed by atoms with Crippen molar-refractivity contribution in [1.82, 2.24) is 5.32 Å². The van der Waals surface area contributed by atoms with Gasteiger partial charge < -0.3 is 10.4 Å². The van der Waals surface area contributed by atoms with Crippen molar-refractivity contribution in [2.24, 2.45) is 5.92 Å². The molecule has 0 saturated carbocycles. The van der Waals surface area contributed by atoms with Gasteiger partial charge >= 0.3 is 0 Å². The van der Waals surface area contributed by atoms with E-state index in [1.165, 1.54) is 0 Å². The van der Waals surface area contributed by atoms with Gasteiger partial charge in [-0.25, -0.2) is 0 Å². The van der Waals surface area contributed by atoms with Gasteiger partial charge in [-0.2, -0.15) is 0 Å². The molecule has 0 saturated heterocycles. The summed E-state index contributed by atoms with van der Waals surface area (Å²) >= 11 is 0. The maximum Gasteiger partial charge on any atom is 0.220 e. The molecular formula is C15H21NO2. The molecule has 1 aliphatic carbocycles. The molecule has 2 N–H and O–H groups in total. The molecule has 18 heavy (non-hydrogen) atoms. The summed E-state index contributed by atoms with van der Waals surface area (Å²) in [5.41, 5.74) is 2.09. The number of nitrogens with one attached hydrogen (secondary N) is 1. The minimum Gasteiger partial charge on any atom is -0.386 e. The van der Waals surface area contributed by atoms with E-state index in [4.69, 9.17) is 0 Å². The lowest BCUT2D eigenvalue weighted by Gasteiger charge is -2.18. The third-order valence-corrected chi connectivity index (χ3v) is 3.77. The fourth-order valence-corrected chi connectivity index (χ4v) is 2.43. The van der Waals surface area contributed by atoms with Gasteiger partial charge in [-0.3, -0.25) is 4.79 Å². The molecular weight excluding hydrogens is 226 g/mol. The maximum absolute atomic E-state index is 11.8. The number of hydrogen-bond acceptors (Lipinski definition) is 2. The summed E-state index contributed by atoms with van der Waals surface area (Å²) in [6.45, 7) is 4.15. The number of carbonyl (C=O) groups is 1. The molecule has 0 heterocycles. The summed E-state index contributed by atoms with van der Waals surface area (Å²) in [6, 6.07) is 7.67. The van der Waals surface area contributed by atoms with Crippen molar-refractivity contribution < 1.29 is 9.90 Å². The van der Waals surface area contributed by atoms with Crippen LogP contribution in [0.1, 0.15) is 43.9 Å². The minimum atomic E-state index is -0.568. The number of carbonyl (C=O) groups excluding carboxylic acids is 1. The molecule has 0 radical (unpaired) electrons. The van der Waals surface area contributed by atoms with Crippen molar-refractivity contribution in [2.45, 2.75) is 45.3 Å². The van der Waals surface area contributed by atoms with Crippen molar-refractivity contribution in [3.05, 3.63) is 35.4 Å². The summed E-state index contributed by atoms with van der Waals surface area (Å²) in [5, 5.41) is 13.1. The van der Waals surface area contributed by atoms with E-state index >= 15 is 0 Å². The van der Waals surface area contributed by atoms with E-state index in [-0.39, 0.29) is 11.9 Å². The fourth-order valence-electron chi connectivity index (χ4n) is 2.43. The van der Waals surface area contributed by atoms with Crippen LogP contribution >= 0.6 is 0 Å². The Morgan fingerprint density at radius 2 is 2.22 bits per heavy atom. The lowest BCUT2D eigenvalue weighted by atomic mass is 10.0. The van der Waals surface area contributed by atoms with Crippen LogP contribution in [-0.4, -0.2) is 17.1 Å². The van der Waals surface area contributed by atoms with E-state index in [1.807, 2.05) is 24.3 Å². The van der Waals surface area contributed by atoms with Crippen LogP contribution in [0.5, 0.6) is 0 Å². The highest BCUT2D eigenvalue weighted by atomic mass is 16.3. The van der Waals surface area contributed by atoms with Crippen molar-refractivity contribution in [1.29, 1.82) is 0 Å². The second-order valence-electron chi connectivity index (χ2n) is 5.24. The molecule has 1 aliphatic rings. The van der Waals surface area contributed by atoms with E-state index in [0.29, 0.717) is 12.3 Å². The summed E-state index contributed by atoms with van der Waals surface area (Å²) < 4.78 is 0. The average molecular weight is 247 g/mol. The largest absolute Gasteiger partial charge is 0.386 e. The highest BCUT2D eigenvalue weighted by Crippen LogP contribution is 2.31. The molecule has 0 bridgehead atoms. The molecule has 0 aliphatic heterocycles. The smallest absolute Gasteiger partial charge is 0.220 e. The van der Waals surface area contributed by atoms with Crippen molar-refractivity contribution in [2.75, 3.05) is 0 Å². The standard InChI is InChI=1S/C15H21NO2/c1-3-10(2)8-14(17)16-13-9-11-6-4-5-7-12(11)15(13)18/h4-7,10,13,15,18H,3,8-9H2,1-2H3,(H,16,17)/t10-,13+,15+/m0/s1. The first-order chi connectivity index (χ1) is 8.61. The summed E-state index contributed by atoms with van der Waals surface area (Å²) in [6.07, 6.45) is 1.70. The van der Waals surface area contributed by atoms with E-state index < -0.39 is 6.10 Å². The second kappa shape index (κ2) is 5.53. The molecule has 0 fully saturated rings. The lowest BCUT2D eigenvalue weighted by Crippen LogP contribution is -2.38. The molecule has 3 heteroatoms. The van der Waals surface area contributed by atoms with Crippen LogP contribution in [0.4, 0.5) is 0 Å². The molecule has 1 amide bonds. The van der Waals surface area contributed by atoms with E-state index in [2.05, 4.69) is 19.2 Å². The molecule has 3 atom stereocenters. The second-order valence-corrected chi connectivity index (χ2v) is 5.24. The van der Waals surface area contributed by atoms with Crippen LogP contribution in [0.15, 0.2) is 24.3 Å². The van der Waals surface area contributed by atoms with Crippen LogP contribution < -0.4 is 5.32 Å². The number of fused-ring (bicyclic) bond motifs is 1. The Morgan fingerprint density at radius 1 is 1.50 bits per heavy atom. The van der Waals surface area contributed by atoms with Gasteiger partial charge in [0.1, 0.15) is 0 Å². The van der Waals surface area contributed by atoms with Crippen LogP contribution in [-0.2, 0) is 11.2 Å². The van der Waals surface area contributed by atoms with Crippen molar-refractivity contribution in [3.63, 3.8) is 0 Å². The van der Waals surface area contributed by atoms with Gasteiger partial charge in [-0.15, -0.1) is 0 Å². The fraction of sp³-hybridized carbons (Fsp3) is 0.533. The van der Waals surface area contributed by atoms with E-state index in [9.17, 15) is 9.90 Å². The molecule has 1 aromatic carbocycles. The first kappa shape index (κ1) is 13.1. The Bertz CT molecular complexity index is 430. The number of rotatable bonds is 4. The number of amides is 1. The SMILES string of the molecule is CC[C@H](C)CC(=O)N[C@@H]1Cc2ccccc2[C@H]1O. The average Bonchev–Trinajstić information content (AvgIpc) is 2.66. The maximum atomic E-state index is 11.8. The minimum absolute atomic E-state index is 0.0428. The number of benzene rings is 1. The van der Waals surface area contributed by atoms with Crippen LogP contribution in [0, 0.1) is 5.92 Å². The normalized spacial score (nSPS) is 23.5. The Morgan fingerprint density at radius 3 is 2.89 bits per heavy atom. The monoisotopic (exact) mass is 247 g/mol. The third-order valence-electron chi connectivity index (χ3n) is 3.77. The Hall–Kier alpha value is -1.35. The Labute approximate surface area is 108 Å². The van der Waals surface area contributed by atoms with Gasteiger partial charge in [0.25, 0.3) is 0 Å². The molecule has 98 valence electrons. The Kier molecular flexibility index (Phi) is 4.02. The third kappa shape index (κ3) is 2.72. The van der Waals surface area contributed by atoms with Gasteiger partial charge in [0.2, 0.25) is 5.91 Å². The van der Waals surface area contributed by atoms with E-state index in [1.54, 1.807) is 0 Å². The predicted octanol–water partition coefficient (Wildman–Crippen LogP) is 2.20. The zero-order valence-corrected chi connectivity index (χ0v) is 11.0. The van der Waals surface area contributed by atoms with Crippen LogP contribution in [0.3, 0.4) is 0 Å². The first-order valence-electron chi connectivity index (χ1n) is 6.67. The molecule has 0 aromatic heterocycles. The van der Waals surface area contributed by atoms with E-state index in [0.717, 1.165) is 24.0 Å². The van der Waals surface area contributed by atoms with Gasteiger partial charge in [0.15, 0.2) is 0 Å². The molecule has 1 aromatic rings. The van der Waals surface area contributed by atoms with Gasteiger partial charge in [-0.05, 0) is 23.5 Å². The zero-order valence-electron chi connectivity index (χ0n) is 11.0. The van der Waals surface area contributed by atoms with Gasteiger partial charge in [-0.1, -0.05) is 44.5 Å². The topological polar surface area (TPSA) is 49.3 Å². The Balaban J connectivity index is 1.95. The molecule has 0 spiro atoms. The highest BCUT2D eigenvalue weighted by Gasteiger charge is 2.31. The van der Waals surface area contributed by atoms with Crippen molar-refractivity contribution in [3.8, 4) is 0 Å². The highest BCUT2D eigenvalue weighted by molar-refractivity contribution is 5.76. The van der Waals surface area contributed by atoms with Crippen LogP contribution in [0.2, 0.25) is 0 Å². The van der Waals surface area contributed by atoms with Gasteiger partial charge in [0, 0.05) is 6.42 Å². The number of aliphatic hydroxyl groups excluding tert-OH is 1. The van der Waals surface area contributed by atoms with Crippen LogP contribution in [0.25, 0.3) is 0 Å². The number of aliphatic hydroxyl groups is 1. The summed E-state index contributed by atoms with van der Waals surface area (Å²) in [4.78, 5) is 11.8. The zero-order chi connectivity index (χ0) is 13.1. The summed E-state index contributed by atoms with van der Waals surface area (Å²) in [7, 11) is 0.